The van der Waals surface area contributed by atoms with Gasteiger partial charge >= 0.3 is 0 Å². The lowest BCUT2D eigenvalue weighted by atomic mass is 10.2. The molecule has 4 nitrogen and oxygen atoms in total. The second-order valence-electron chi connectivity index (χ2n) is 2.93. The van der Waals surface area contributed by atoms with Gasteiger partial charge in [-0.1, -0.05) is 0 Å². The fourth-order valence-corrected chi connectivity index (χ4v) is 1.31. The maximum absolute atomic E-state index is 11.0. The molecule has 0 saturated heterocycles. The Balaban J connectivity index is 2.26. The highest BCUT2D eigenvalue weighted by atomic mass is 16.5. The van der Waals surface area contributed by atoms with Gasteiger partial charge in [0.25, 0.3) is 5.91 Å². The summed E-state index contributed by atoms with van der Waals surface area (Å²) in [5, 5.41) is 2.71. The van der Waals surface area contributed by atoms with E-state index in [1.165, 1.54) is 0 Å². The van der Waals surface area contributed by atoms with Gasteiger partial charge in [0.1, 0.15) is 11.5 Å². The minimum Gasteiger partial charge on any atom is -0.494 e. The predicted octanol–water partition coefficient (Wildman–Crippen LogP) is 1.42. The molecule has 1 amide bonds. The summed E-state index contributed by atoms with van der Waals surface area (Å²) in [5.74, 6) is 1.29. The zero-order valence-electron chi connectivity index (χ0n) is 7.87. The molecule has 0 aliphatic carbocycles. The Morgan fingerprint density at radius 1 is 1.57 bits per heavy atom. The highest BCUT2D eigenvalue weighted by Gasteiger charge is 2.15. The van der Waals surface area contributed by atoms with E-state index in [1.54, 1.807) is 18.2 Å². The summed E-state index contributed by atoms with van der Waals surface area (Å²) in [4.78, 5) is 11.0. The lowest BCUT2D eigenvalue weighted by molar-refractivity contribution is -0.118. The van der Waals surface area contributed by atoms with E-state index < -0.39 is 0 Å². The molecule has 1 heterocycles. The Kier molecular flexibility index (Phi) is 2.26. The van der Waals surface area contributed by atoms with Crippen LogP contribution < -0.4 is 14.8 Å². The lowest BCUT2D eigenvalue weighted by Crippen LogP contribution is -2.25. The van der Waals surface area contributed by atoms with Crippen LogP contribution in [0.5, 0.6) is 11.5 Å². The van der Waals surface area contributed by atoms with Gasteiger partial charge in [-0.3, -0.25) is 4.79 Å². The minimum atomic E-state index is -0.123. The van der Waals surface area contributed by atoms with E-state index in [0.29, 0.717) is 18.0 Å². The highest BCUT2D eigenvalue weighted by molar-refractivity contribution is 5.95. The number of ether oxygens (including phenoxy) is 2. The monoisotopic (exact) mass is 193 g/mol. The Morgan fingerprint density at radius 3 is 3.21 bits per heavy atom. The normalized spacial score (nSPS) is 13.9. The fraction of sp³-hybridized carbons (Fsp3) is 0.300. The van der Waals surface area contributed by atoms with Crippen LogP contribution in [0.3, 0.4) is 0 Å². The molecule has 1 aromatic rings. The molecule has 0 atom stereocenters. The zero-order valence-corrected chi connectivity index (χ0v) is 7.87. The molecule has 1 aliphatic rings. The molecule has 0 saturated carbocycles. The average Bonchev–Trinajstić information content (AvgIpc) is 2.19. The minimum absolute atomic E-state index is 0.0720. The van der Waals surface area contributed by atoms with Crippen LogP contribution in [0.1, 0.15) is 6.92 Å². The van der Waals surface area contributed by atoms with Gasteiger partial charge in [0.2, 0.25) is 0 Å². The number of hydrogen-bond donors (Lipinski definition) is 1. The van der Waals surface area contributed by atoms with E-state index in [4.69, 9.17) is 9.47 Å². The molecule has 2 rings (SSSR count). The summed E-state index contributed by atoms with van der Waals surface area (Å²) in [6.07, 6.45) is 0. The van der Waals surface area contributed by atoms with Gasteiger partial charge in [-0.05, 0) is 19.1 Å². The van der Waals surface area contributed by atoms with Crippen LogP contribution in [-0.4, -0.2) is 19.1 Å². The third kappa shape index (κ3) is 1.64. The van der Waals surface area contributed by atoms with Crippen LogP contribution in [0.4, 0.5) is 5.69 Å². The molecule has 0 unspecified atom stereocenters. The molecule has 0 fully saturated rings. The van der Waals surface area contributed by atoms with E-state index in [1.807, 2.05) is 6.92 Å². The summed E-state index contributed by atoms with van der Waals surface area (Å²) in [5.41, 5.74) is 0.699. The number of anilines is 1. The van der Waals surface area contributed by atoms with Crippen molar-refractivity contribution in [1.82, 2.24) is 0 Å². The SMILES string of the molecule is CCOc1ccc2c(c1)OCC(=O)N2. The zero-order chi connectivity index (χ0) is 9.97. The molecular formula is C10H11NO3. The number of benzene rings is 1. The smallest absolute Gasteiger partial charge is 0.262 e. The average molecular weight is 193 g/mol. The molecule has 0 bridgehead atoms. The number of carbonyl (C=O) groups is 1. The van der Waals surface area contributed by atoms with Crippen molar-refractivity contribution in [2.75, 3.05) is 18.5 Å². The van der Waals surface area contributed by atoms with Gasteiger partial charge in [-0.2, -0.15) is 0 Å². The van der Waals surface area contributed by atoms with Crippen LogP contribution in [0.15, 0.2) is 18.2 Å². The van der Waals surface area contributed by atoms with Crippen LogP contribution in [0.2, 0.25) is 0 Å². The Bertz CT molecular complexity index is 362. The van der Waals surface area contributed by atoms with Crippen molar-refractivity contribution in [3.63, 3.8) is 0 Å². The van der Waals surface area contributed by atoms with Crippen molar-refractivity contribution >= 4 is 11.6 Å². The molecule has 1 N–H and O–H groups in total. The number of carbonyl (C=O) groups excluding carboxylic acids is 1. The van der Waals surface area contributed by atoms with E-state index in [0.717, 1.165) is 5.75 Å². The Labute approximate surface area is 81.8 Å². The Hall–Kier alpha value is -1.71. The van der Waals surface area contributed by atoms with E-state index in [2.05, 4.69) is 5.32 Å². The fourth-order valence-electron chi connectivity index (χ4n) is 1.31. The van der Waals surface area contributed by atoms with E-state index in [-0.39, 0.29) is 12.5 Å². The molecule has 0 aromatic heterocycles. The van der Waals surface area contributed by atoms with Crippen LogP contribution in [0.25, 0.3) is 0 Å². The van der Waals surface area contributed by atoms with E-state index in [9.17, 15) is 4.79 Å². The summed E-state index contributed by atoms with van der Waals surface area (Å²) < 4.78 is 10.5. The van der Waals surface area contributed by atoms with Crippen LogP contribution in [-0.2, 0) is 4.79 Å². The maximum Gasteiger partial charge on any atom is 0.262 e. The van der Waals surface area contributed by atoms with Crippen molar-refractivity contribution in [3.05, 3.63) is 18.2 Å². The van der Waals surface area contributed by atoms with Gasteiger partial charge in [0.05, 0.1) is 12.3 Å². The second kappa shape index (κ2) is 3.57. The maximum atomic E-state index is 11.0. The quantitative estimate of drug-likeness (QED) is 0.772. The summed E-state index contributed by atoms with van der Waals surface area (Å²) in [7, 11) is 0. The molecule has 1 aromatic carbocycles. The van der Waals surface area contributed by atoms with Gasteiger partial charge in [-0.15, -0.1) is 0 Å². The van der Waals surface area contributed by atoms with Crippen molar-refractivity contribution in [3.8, 4) is 11.5 Å². The largest absolute Gasteiger partial charge is 0.494 e. The number of amides is 1. The first-order valence-corrected chi connectivity index (χ1v) is 4.49. The standard InChI is InChI=1S/C10H11NO3/c1-2-13-7-3-4-8-9(5-7)14-6-10(12)11-8/h3-5H,2,6H2,1H3,(H,11,12). The molecule has 0 spiro atoms. The van der Waals surface area contributed by atoms with Gasteiger partial charge < -0.3 is 14.8 Å². The molecule has 74 valence electrons. The van der Waals surface area contributed by atoms with Crippen LogP contribution >= 0.6 is 0 Å². The van der Waals surface area contributed by atoms with E-state index >= 15 is 0 Å². The molecular weight excluding hydrogens is 182 g/mol. The third-order valence-corrected chi connectivity index (χ3v) is 1.90. The van der Waals surface area contributed by atoms with Crippen molar-refractivity contribution in [2.45, 2.75) is 6.92 Å². The summed E-state index contributed by atoms with van der Waals surface area (Å²) >= 11 is 0. The Morgan fingerprint density at radius 2 is 2.43 bits per heavy atom. The number of hydrogen-bond acceptors (Lipinski definition) is 3. The topological polar surface area (TPSA) is 47.6 Å². The highest BCUT2D eigenvalue weighted by Crippen LogP contribution is 2.31. The second-order valence-corrected chi connectivity index (χ2v) is 2.93. The molecule has 4 heteroatoms. The van der Waals surface area contributed by atoms with Gasteiger partial charge in [-0.25, -0.2) is 0 Å². The number of fused-ring (bicyclic) bond motifs is 1. The van der Waals surface area contributed by atoms with Crippen LogP contribution in [0, 0.1) is 0 Å². The third-order valence-electron chi connectivity index (χ3n) is 1.90. The number of nitrogens with one attached hydrogen (secondary N) is 1. The predicted molar refractivity (Wildman–Crippen MR) is 51.7 cm³/mol. The lowest BCUT2D eigenvalue weighted by Gasteiger charge is -2.18. The van der Waals surface area contributed by atoms with Gasteiger partial charge in [0.15, 0.2) is 6.61 Å². The molecule has 14 heavy (non-hydrogen) atoms. The first-order chi connectivity index (χ1) is 6.79. The van der Waals surface area contributed by atoms with Crippen molar-refractivity contribution < 1.29 is 14.3 Å². The summed E-state index contributed by atoms with van der Waals surface area (Å²) in [6.45, 7) is 2.61. The van der Waals surface area contributed by atoms with Crippen molar-refractivity contribution in [2.24, 2.45) is 0 Å². The molecule has 0 radical (unpaired) electrons. The van der Waals surface area contributed by atoms with Gasteiger partial charge in [0, 0.05) is 6.07 Å². The molecule has 1 aliphatic heterocycles. The summed E-state index contributed by atoms with van der Waals surface area (Å²) in [6, 6.07) is 5.35. The first-order valence-electron chi connectivity index (χ1n) is 4.49. The van der Waals surface area contributed by atoms with Crippen molar-refractivity contribution in [1.29, 1.82) is 0 Å². The number of rotatable bonds is 2. The first kappa shape index (κ1) is 8.87.